The van der Waals surface area contributed by atoms with Gasteiger partial charge in [0, 0.05) is 12.1 Å². The summed E-state index contributed by atoms with van der Waals surface area (Å²) < 4.78 is 2.00. The molecule has 1 heterocycles. The smallest absolute Gasteiger partial charge is 0.168 e. The van der Waals surface area contributed by atoms with Gasteiger partial charge < -0.3 is 7.43 Å². The lowest BCUT2D eigenvalue weighted by molar-refractivity contribution is -0.671. The molecule has 0 N–H and O–H groups in total. The molecule has 0 unspecified atom stereocenters. The summed E-state index contributed by atoms with van der Waals surface area (Å²) >= 11 is 0. The summed E-state index contributed by atoms with van der Waals surface area (Å²) in [6, 6.07) is 6.00. The Morgan fingerprint density at radius 1 is 0.900 bits per heavy atom. The molecule has 58 valence electrons. The summed E-state index contributed by atoms with van der Waals surface area (Å²) in [7, 11) is 2.00. The van der Waals surface area contributed by atoms with Gasteiger partial charge in [0.1, 0.15) is 7.05 Å². The zero-order valence-electron chi connectivity index (χ0n) is 7.33. The third-order valence-electron chi connectivity index (χ3n) is 0.865. The average molecular weight is 139 g/mol. The molecule has 1 aromatic heterocycles. The van der Waals surface area contributed by atoms with Crippen LogP contribution in [-0.2, 0) is 7.05 Å². The van der Waals surface area contributed by atoms with Crippen LogP contribution in [0.2, 0.25) is 0 Å². The first-order valence-corrected chi connectivity index (χ1v) is 3.30. The van der Waals surface area contributed by atoms with Crippen molar-refractivity contribution in [3.8, 4) is 0 Å². The molecule has 0 aliphatic carbocycles. The molecule has 0 saturated heterocycles. The van der Waals surface area contributed by atoms with Crippen molar-refractivity contribution in [1.82, 2.24) is 0 Å². The molecule has 0 bridgehead atoms. The van der Waals surface area contributed by atoms with E-state index in [9.17, 15) is 0 Å². The molecule has 0 atom stereocenters. The fraction of sp³-hybridized carbons (Fsp3) is 0.333. The van der Waals surface area contributed by atoms with Gasteiger partial charge in [0.25, 0.3) is 0 Å². The predicted octanol–water partition coefficient (Wildman–Crippen LogP) is 1.99. The molecule has 1 heteroatoms. The summed E-state index contributed by atoms with van der Waals surface area (Å²) in [6.45, 7) is 4.00. The summed E-state index contributed by atoms with van der Waals surface area (Å²) in [5.41, 5.74) is 0. The standard InChI is InChI=1S/C6H8N.C2H6.CH3/c1-7-5-3-2-4-6-7;1-2;/h2-6H,1H3;1-2H3;1H3/q+1;;-1. The van der Waals surface area contributed by atoms with Crippen LogP contribution in [0.4, 0.5) is 0 Å². The zero-order valence-corrected chi connectivity index (χ0v) is 7.33. The van der Waals surface area contributed by atoms with Gasteiger partial charge in [-0.05, 0) is 0 Å². The number of aromatic nitrogens is 1. The molecule has 1 aromatic rings. The van der Waals surface area contributed by atoms with E-state index in [1.807, 2.05) is 56.1 Å². The fourth-order valence-electron chi connectivity index (χ4n) is 0.485. The molecule has 0 aliphatic rings. The molecule has 0 amide bonds. The molecule has 0 fully saturated rings. The maximum absolute atomic E-state index is 2.00. The molecule has 1 rings (SSSR count). The van der Waals surface area contributed by atoms with Gasteiger partial charge in [0.2, 0.25) is 0 Å². The second-order valence-electron chi connectivity index (χ2n) is 1.54. The number of pyridine rings is 1. The maximum atomic E-state index is 2.00. The van der Waals surface area contributed by atoms with E-state index in [4.69, 9.17) is 0 Å². The minimum Gasteiger partial charge on any atom is -0.358 e. The van der Waals surface area contributed by atoms with Crippen LogP contribution in [0.1, 0.15) is 13.8 Å². The normalized spacial score (nSPS) is 6.70. The van der Waals surface area contributed by atoms with Crippen LogP contribution in [0.3, 0.4) is 0 Å². The van der Waals surface area contributed by atoms with Gasteiger partial charge in [-0.25, -0.2) is 4.57 Å². The Morgan fingerprint density at radius 2 is 1.30 bits per heavy atom. The zero-order chi connectivity index (χ0) is 7.11. The Kier molecular flexibility index (Phi) is 9.69. The van der Waals surface area contributed by atoms with Gasteiger partial charge in [-0.3, -0.25) is 0 Å². The van der Waals surface area contributed by atoms with Gasteiger partial charge in [0.15, 0.2) is 12.4 Å². The lowest BCUT2D eigenvalue weighted by Crippen LogP contribution is -2.25. The van der Waals surface area contributed by atoms with Crippen molar-refractivity contribution in [3.63, 3.8) is 0 Å². The number of aryl methyl sites for hydroxylation is 1. The summed E-state index contributed by atoms with van der Waals surface area (Å²) in [4.78, 5) is 0. The molecule has 0 radical (unpaired) electrons. The highest BCUT2D eigenvalue weighted by Gasteiger charge is 1.78. The average Bonchev–Trinajstić information content (AvgIpc) is 1.94. The van der Waals surface area contributed by atoms with E-state index in [1.165, 1.54) is 0 Å². The molecular weight excluding hydrogens is 122 g/mol. The Balaban J connectivity index is 0. The summed E-state index contributed by atoms with van der Waals surface area (Å²) in [6.07, 6.45) is 4.00. The van der Waals surface area contributed by atoms with Crippen LogP contribution < -0.4 is 4.57 Å². The highest BCUT2D eigenvalue weighted by Crippen LogP contribution is 1.71. The topological polar surface area (TPSA) is 3.88 Å². The lowest BCUT2D eigenvalue weighted by Gasteiger charge is -1.77. The molecule has 1 nitrogen and oxygen atoms in total. The molecule has 0 aliphatic heterocycles. The minimum absolute atomic E-state index is 0. The first kappa shape index (κ1) is 11.9. The SMILES string of the molecule is CC.C[n+]1ccccc1.[CH3-]. The number of nitrogens with zero attached hydrogens (tertiary/aromatic N) is 1. The third-order valence-corrected chi connectivity index (χ3v) is 0.865. The number of rotatable bonds is 0. The van der Waals surface area contributed by atoms with Crippen molar-refractivity contribution < 1.29 is 4.57 Å². The van der Waals surface area contributed by atoms with Crippen molar-refractivity contribution in [2.24, 2.45) is 7.05 Å². The quantitative estimate of drug-likeness (QED) is 0.382. The third kappa shape index (κ3) is 5.29. The van der Waals surface area contributed by atoms with Crippen LogP contribution in [0.25, 0.3) is 0 Å². The second kappa shape index (κ2) is 8.15. The van der Waals surface area contributed by atoms with E-state index in [0.29, 0.717) is 0 Å². The highest BCUT2D eigenvalue weighted by atomic mass is 14.9. The minimum atomic E-state index is 0. The molecule has 10 heavy (non-hydrogen) atoms. The number of hydrogen-bond acceptors (Lipinski definition) is 0. The largest absolute Gasteiger partial charge is 0.358 e. The molecule has 0 aromatic carbocycles. The van der Waals surface area contributed by atoms with E-state index in [0.717, 1.165) is 0 Å². The van der Waals surface area contributed by atoms with Crippen LogP contribution in [0, 0.1) is 7.43 Å². The van der Waals surface area contributed by atoms with E-state index in [-0.39, 0.29) is 7.43 Å². The van der Waals surface area contributed by atoms with Crippen molar-refractivity contribution >= 4 is 0 Å². The second-order valence-corrected chi connectivity index (χ2v) is 1.54. The predicted molar refractivity (Wildman–Crippen MR) is 45.4 cm³/mol. The van der Waals surface area contributed by atoms with E-state index in [1.54, 1.807) is 0 Å². The molecule has 0 spiro atoms. The summed E-state index contributed by atoms with van der Waals surface area (Å²) in [5, 5.41) is 0. The van der Waals surface area contributed by atoms with Crippen molar-refractivity contribution in [2.45, 2.75) is 13.8 Å². The lowest BCUT2D eigenvalue weighted by atomic mass is 10.5. The summed E-state index contributed by atoms with van der Waals surface area (Å²) in [5.74, 6) is 0. The first-order chi connectivity index (χ1) is 4.39. The Morgan fingerprint density at radius 3 is 1.50 bits per heavy atom. The van der Waals surface area contributed by atoms with Crippen LogP contribution in [0.5, 0.6) is 0 Å². The van der Waals surface area contributed by atoms with E-state index >= 15 is 0 Å². The molecular formula is C9H17N. The van der Waals surface area contributed by atoms with Gasteiger partial charge >= 0.3 is 0 Å². The maximum Gasteiger partial charge on any atom is 0.168 e. The van der Waals surface area contributed by atoms with Gasteiger partial charge in [0.05, 0.1) is 0 Å². The van der Waals surface area contributed by atoms with Crippen LogP contribution >= 0.6 is 0 Å². The van der Waals surface area contributed by atoms with Gasteiger partial charge in [-0.2, -0.15) is 0 Å². The Labute approximate surface area is 64.3 Å². The van der Waals surface area contributed by atoms with Crippen molar-refractivity contribution in [3.05, 3.63) is 38.0 Å². The van der Waals surface area contributed by atoms with Crippen molar-refractivity contribution in [1.29, 1.82) is 0 Å². The highest BCUT2D eigenvalue weighted by molar-refractivity contribution is 4.83. The van der Waals surface area contributed by atoms with E-state index in [2.05, 4.69) is 0 Å². The van der Waals surface area contributed by atoms with Crippen molar-refractivity contribution in [2.75, 3.05) is 0 Å². The van der Waals surface area contributed by atoms with E-state index < -0.39 is 0 Å². The van der Waals surface area contributed by atoms with Crippen LogP contribution in [0.15, 0.2) is 30.6 Å². The fourth-order valence-corrected chi connectivity index (χ4v) is 0.485. The first-order valence-electron chi connectivity index (χ1n) is 3.30. The van der Waals surface area contributed by atoms with Gasteiger partial charge in [-0.15, -0.1) is 0 Å². The number of hydrogen-bond donors (Lipinski definition) is 0. The molecule has 0 saturated carbocycles. The Bertz CT molecular complexity index is 135. The van der Waals surface area contributed by atoms with Crippen LogP contribution in [-0.4, -0.2) is 0 Å². The van der Waals surface area contributed by atoms with Gasteiger partial charge in [-0.1, -0.05) is 19.9 Å². The Hall–Kier alpha value is -0.850. The monoisotopic (exact) mass is 139 g/mol.